The van der Waals surface area contributed by atoms with Crippen LogP contribution in [0.5, 0.6) is 0 Å². The topological polar surface area (TPSA) is 29.5 Å². The molecule has 0 saturated carbocycles. The summed E-state index contributed by atoms with van der Waals surface area (Å²) in [7, 11) is 1.25. The number of rotatable bonds is 3. The lowest BCUT2D eigenvalue weighted by Crippen LogP contribution is -2.37. The van der Waals surface area contributed by atoms with E-state index in [9.17, 15) is 9.18 Å². The highest BCUT2D eigenvalue weighted by Crippen LogP contribution is 2.29. The fourth-order valence-electron chi connectivity index (χ4n) is 2.61. The molecule has 0 amide bonds. The third kappa shape index (κ3) is 2.95. The van der Waals surface area contributed by atoms with Gasteiger partial charge in [-0.05, 0) is 50.9 Å². The number of carbonyl (C=O) groups is 1. The lowest BCUT2D eigenvalue weighted by Gasteiger charge is -2.31. The molecule has 0 aromatic heterocycles. The number of methoxy groups -OCH3 is 1. The molecule has 1 aliphatic heterocycles. The monoisotopic (exact) mass is 265 g/mol. The van der Waals surface area contributed by atoms with Crippen LogP contribution < -0.4 is 0 Å². The fourth-order valence-corrected chi connectivity index (χ4v) is 2.61. The number of likely N-dealkylation sites (tertiary alicyclic amines) is 1. The van der Waals surface area contributed by atoms with Crippen molar-refractivity contribution in [1.82, 2.24) is 4.90 Å². The van der Waals surface area contributed by atoms with Gasteiger partial charge in [-0.15, -0.1) is 0 Å². The third-order valence-corrected chi connectivity index (χ3v) is 3.88. The minimum Gasteiger partial charge on any atom is -0.465 e. The molecule has 3 nitrogen and oxygen atoms in total. The van der Waals surface area contributed by atoms with E-state index in [2.05, 4.69) is 23.5 Å². The van der Waals surface area contributed by atoms with Crippen LogP contribution in [0.1, 0.15) is 42.6 Å². The number of esters is 1. The van der Waals surface area contributed by atoms with Crippen LogP contribution in [-0.2, 0) is 11.3 Å². The predicted octanol–water partition coefficient (Wildman–Crippen LogP) is 2.99. The summed E-state index contributed by atoms with van der Waals surface area (Å²) in [5.41, 5.74) is 1.05. The number of ether oxygens (including phenoxy) is 1. The molecule has 0 atom stereocenters. The molecule has 1 aliphatic rings. The zero-order valence-corrected chi connectivity index (χ0v) is 11.7. The number of nitrogens with zero attached hydrogens (tertiary/aromatic N) is 1. The molecular weight excluding hydrogens is 245 g/mol. The largest absolute Gasteiger partial charge is 0.465 e. The number of hydrogen-bond donors (Lipinski definition) is 0. The molecule has 0 spiro atoms. The van der Waals surface area contributed by atoms with Gasteiger partial charge in [0.2, 0.25) is 0 Å². The van der Waals surface area contributed by atoms with E-state index in [1.807, 2.05) is 0 Å². The first-order valence-corrected chi connectivity index (χ1v) is 6.56. The molecule has 4 heteroatoms. The number of benzene rings is 1. The number of carbonyl (C=O) groups excluding carboxylic acids is 1. The zero-order chi connectivity index (χ0) is 14.0. The van der Waals surface area contributed by atoms with Crippen molar-refractivity contribution >= 4 is 5.97 Å². The first-order valence-electron chi connectivity index (χ1n) is 6.56. The average molecular weight is 265 g/mol. The second-order valence-electron chi connectivity index (χ2n) is 5.64. The summed E-state index contributed by atoms with van der Waals surface area (Å²) in [6, 6.07) is 4.73. The maximum absolute atomic E-state index is 13.8. The van der Waals surface area contributed by atoms with Gasteiger partial charge in [-0.1, -0.05) is 6.07 Å². The normalized spacial score (nSPS) is 18.5. The van der Waals surface area contributed by atoms with Crippen molar-refractivity contribution in [2.75, 3.05) is 13.7 Å². The Morgan fingerprint density at radius 3 is 2.74 bits per heavy atom. The molecule has 1 fully saturated rings. The van der Waals surface area contributed by atoms with E-state index in [1.54, 1.807) is 6.07 Å². The molecule has 1 aromatic carbocycles. The Kier molecular flexibility index (Phi) is 3.90. The Hall–Kier alpha value is -1.42. The first-order chi connectivity index (χ1) is 8.94. The molecular formula is C15H20FNO2. The minimum atomic E-state index is -0.634. The molecule has 0 bridgehead atoms. The van der Waals surface area contributed by atoms with Crippen LogP contribution in [-0.4, -0.2) is 30.1 Å². The van der Waals surface area contributed by atoms with E-state index < -0.39 is 11.8 Å². The standard InChI is InChI=1S/C15H20FNO2/c1-15(2)7-4-8-17(15)10-11-5-6-12(13(16)9-11)14(18)19-3/h5-6,9H,4,7-8,10H2,1-3H3. The fraction of sp³-hybridized carbons (Fsp3) is 0.533. The van der Waals surface area contributed by atoms with Gasteiger partial charge in [0, 0.05) is 12.1 Å². The number of halogens is 1. The third-order valence-electron chi connectivity index (χ3n) is 3.88. The van der Waals surface area contributed by atoms with E-state index in [0.717, 1.165) is 18.5 Å². The van der Waals surface area contributed by atoms with Crippen LogP contribution >= 0.6 is 0 Å². The van der Waals surface area contributed by atoms with Crippen molar-refractivity contribution in [1.29, 1.82) is 0 Å². The van der Waals surface area contributed by atoms with Crippen LogP contribution in [0.2, 0.25) is 0 Å². The quantitative estimate of drug-likeness (QED) is 0.787. The highest BCUT2D eigenvalue weighted by molar-refractivity contribution is 5.89. The van der Waals surface area contributed by atoms with Crippen LogP contribution in [0.3, 0.4) is 0 Å². The van der Waals surface area contributed by atoms with Crippen LogP contribution in [0.4, 0.5) is 4.39 Å². The summed E-state index contributed by atoms with van der Waals surface area (Å²) >= 11 is 0. The average Bonchev–Trinajstić information content (AvgIpc) is 2.68. The van der Waals surface area contributed by atoms with Gasteiger partial charge in [0.25, 0.3) is 0 Å². The Bertz CT molecular complexity index is 485. The van der Waals surface area contributed by atoms with Gasteiger partial charge >= 0.3 is 5.97 Å². The van der Waals surface area contributed by atoms with Crippen molar-refractivity contribution in [2.45, 2.75) is 38.8 Å². The van der Waals surface area contributed by atoms with E-state index in [4.69, 9.17) is 0 Å². The summed E-state index contributed by atoms with van der Waals surface area (Å²) in [5, 5.41) is 0. The SMILES string of the molecule is COC(=O)c1ccc(CN2CCCC2(C)C)cc1F. The molecule has 1 aromatic rings. The molecule has 0 radical (unpaired) electrons. The second kappa shape index (κ2) is 5.29. The van der Waals surface area contributed by atoms with Gasteiger partial charge in [-0.25, -0.2) is 9.18 Å². The molecule has 19 heavy (non-hydrogen) atoms. The highest BCUT2D eigenvalue weighted by atomic mass is 19.1. The van der Waals surface area contributed by atoms with Gasteiger partial charge in [-0.2, -0.15) is 0 Å². The Morgan fingerprint density at radius 1 is 1.47 bits per heavy atom. The molecule has 2 rings (SSSR count). The summed E-state index contributed by atoms with van der Waals surface area (Å²) in [5.74, 6) is -1.15. The van der Waals surface area contributed by atoms with Crippen molar-refractivity contribution in [2.24, 2.45) is 0 Å². The van der Waals surface area contributed by atoms with Crippen molar-refractivity contribution in [3.05, 3.63) is 35.1 Å². The highest BCUT2D eigenvalue weighted by Gasteiger charge is 2.31. The Labute approximate surface area is 113 Å². The molecule has 1 saturated heterocycles. The molecule has 0 unspecified atom stereocenters. The minimum absolute atomic E-state index is 0.00747. The van der Waals surface area contributed by atoms with E-state index in [1.165, 1.54) is 25.7 Å². The Balaban J connectivity index is 2.14. The zero-order valence-electron chi connectivity index (χ0n) is 11.7. The van der Waals surface area contributed by atoms with Crippen molar-refractivity contribution < 1.29 is 13.9 Å². The molecule has 0 aliphatic carbocycles. The lowest BCUT2D eigenvalue weighted by atomic mass is 10.0. The summed E-state index contributed by atoms with van der Waals surface area (Å²) < 4.78 is 18.4. The Morgan fingerprint density at radius 2 is 2.21 bits per heavy atom. The van der Waals surface area contributed by atoms with Crippen LogP contribution in [0, 0.1) is 5.82 Å². The van der Waals surface area contributed by atoms with Gasteiger partial charge in [-0.3, -0.25) is 4.90 Å². The van der Waals surface area contributed by atoms with E-state index in [-0.39, 0.29) is 11.1 Å². The maximum Gasteiger partial charge on any atom is 0.340 e. The van der Waals surface area contributed by atoms with Gasteiger partial charge in [0.15, 0.2) is 0 Å². The molecule has 104 valence electrons. The van der Waals surface area contributed by atoms with E-state index >= 15 is 0 Å². The molecule has 1 heterocycles. The summed E-state index contributed by atoms with van der Waals surface area (Å²) in [6.07, 6.45) is 2.34. The summed E-state index contributed by atoms with van der Waals surface area (Å²) in [6.45, 7) is 6.16. The van der Waals surface area contributed by atoms with Crippen molar-refractivity contribution in [3.63, 3.8) is 0 Å². The van der Waals surface area contributed by atoms with E-state index in [0.29, 0.717) is 6.54 Å². The van der Waals surface area contributed by atoms with Crippen LogP contribution in [0.25, 0.3) is 0 Å². The summed E-state index contributed by atoms with van der Waals surface area (Å²) in [4.78, 5) is 13.7. The second-order valence-corrected chi connectivity index (χ2v) is 5.64. The predicted molar refractivity (Wildman–Crippen MR) is 71.5 cm³/mol. The van der Waals surface area contributed by atoms with Gasteiger partial charge in [0.1, 0.15) is 5.82 Å². The number of hydrogen-bond acceptors (Lipinski definition) is 3. The lowest BCUT2D eigenvalue weighted by molar-refractivity contribution is 0.0595. The van der Waals surface area contributed by atoms with Crippen LogP contribution in [0.15, 0.2) is 18.2 Å². The first kappa shape index (κ1) is 14.0. The smallest absolute Gasteiger partial charge is 0.340 e. The maximum atomic E-state index is 13.8. The molecule has 0 N–H and O–H groups in total. The van der Waals surface area contributed by atoms with Gasteiger partial charge < -0.3 is 4.74 Å². The van der Waals surface area contributed by atoms with Gasteiger partial charge in [0.05, 0.1) is 12.7 Å². The van der Waals surface area contributed by atoms with Crippen molar-refractivity contribution in [3.8, 4) is 0 Å².